The Kier molecular flexibility index (Phi) is 6.41. The van der Waals surface area contributed by atoms with Gasteiger partial charge in [-0.3, -0.25) is 9.11 Å². The van der Waals surface area contributed by atoms with Gasteiger partial charge in [-0.05, 0) is 68.2 Å². The van der Waals surface area contributed by atoms with Crippen LogP contribution in [0.2, 0.25) is 0 Å². The van der Waals surface area contributed by atoms with Crippen molar-refractivity contribution in [2.24, 2.45) is 5.41 Å². The Labute approximate surface area is 177 Å². The molecule has 30 heavy (non-hydrogen) atoms. The molecule has 1 heterocycles. The molecule has 3 rings (SSSR count). The third-order valence-electron chi connectivity index (χ3n) is 5.67. The lowest BCUT2D eigenvalue weighted by Gasteiger charge is -2.38. The van der Waals surface area contributed by atoms with Crippen molar-refractivity contribution < 1.29 is 30.7 Å². The van der Waals surface area contributed by atoms with Gasteiger partial charge in [-0.25, -0.2) is 0 Å². The zero-order chi connectivity index (χ0) is 22.2. The van der Waals surface area contributed by atoms with Crippen LogP contribution in [0.1, 0.15) is 35.1 Å². The third-order valence-corrected chi connectivity index (χ3v) is 7.58. The molecule has 2 N–H and O–H groups in total. The predicted octanol–water partition coefficient (Wildman–Crippen LogP) is 3.38. The minimum absolute atomic E-state index is 0.141. The molecule has 0 unspecified atom stereocenters. The summed E-state index contributed by atoms with van der Waals surface area (Å²) in [6.45, 7) is 4.59. The van der Waals surface area contributed by atoms with Gasteiger partial charge in [0.15, 0.2) is 0 Å². The van der Waals surface area contributed by atoms with E-state index in [9.17, 15) is 25.9 Å². The number of hydrogen-bond donors (Lipinski definition) is 2. The fourth-order valence-corrected chi connectivity index (χ4v) is 5.63. The van der Waals surface area contributed by atoms with E-state index in [4.69, 9.17) is 4.74 Å². The lowest BCUT2D eigenvalue weighted by Crippen LogP contribution is -2.35. The maximum atomic E-state index is 11.9. The highest BCUT2D eigenvalue weighted by Crippen LogP contribution is 2.40. The van der Waals surface area contributed by atoms with Crippen LogP contribution in [0.25, 0.3) is 0 Å². The topological polar surface area (TPSA) is 118 Å². The molecule has 1 fully saturated rings. The van der Waals surface area contributed by atoms with Crippen molar-refractivity contribution >= 4 is 20.2 Å². The molecule has 2 aromatic carbocycles. The highest BCUT2D eigenvalue weighted by Gasteiger charge is 2.36. The van der Waals surface area contributed by atoms with E-state index in [-0.39, 0.29) is 9.79 Å². The van der Waals surface area contributed by atoms with Gasteiger partial charge in [0, 0.05) is 13.2 Å². The first-order valence-electron chi connectivity index (χ1n) is 9.61. The van der Waals surface area contributed by atoms with Crippen molar-refractivity contribution in [2.45, 2.75) is 49.3 Å². The lowest BCUT2D eigenvalue weighted by atomic mass is 9.71. The second kappa shape index (κ2) is 8.39. The summed E-state index contributed by atoms with van der Waals surface area (Å²) in [6.07, 6.45) is 1.83. The van der Waals surface area contributed by atoms with Crippen molar-refractivity contribution in [2.75, 3.05) is 13.2 Å². The van der Waals surface area contributed by atoms with Crippen LogP contribution in [0.15, 0.2) is 46.2 Å². The van der Waals surface area contributed by atoms with Gasteiger partial charge in [-0.1, -0.05) is 35.4 Å². The van der Waals surface area contributed by atoms with Crippen LogP contribution in [0, 0.1) is 19.3 Å². The number of rotatable bonds is 6. The van der Waals surface area contributed by atoms with Gasteiger partial charge in [-0.2, -0.15) is 16.8 Å². The average Bonchev–Trinajstić information content (AvgIpc) is 2.60. The van der Waals surface area contributed by atoms with E-state index >= 15 is 0 Å². The first-order chi connectivity index (χ1) is 13.9. The lowest BCUT2D eigenvalue weighted by molar-refractivity contribution is 0.0142. The summed E-state index contributed by atoms with van der Waals surface area (Å²) in [7, 11) is -8.81. The van der Waals surface area contributed by atoms with Crippen molar-refractivity contribution in [3.8, 4) is 0 Å². The third kappa shape index (κ3) is 5.28. The summed E-state index contributed by atoms with van der Waals surface area (Å²) in [4.78, 5) is -0.281. The zero-order valence-corrected chi connectivity index (χ0v) is 18.6. The predicted molar refractivity (Wildman–Crippen MR) is 112 cm³/mol. The SMILES string of the molecule is Cc1ccc(S(=O)(=O)O)c(CC2(Cc3cc(C)ccc3S(=O)(=O)O)CCOCC2)c1. The smallest absolute Gasteiger partial charge is 0.294 e. The van der Waals surface area contributed by atoms with Gasteiger partial charge in [0.1, 0.15) is 0 Å². The standard InChI is InChI=1S/C21H26O7S2/c1-15-3-5-19(29(22,23)24)17(11-15)13-21(7-9-28-10-8-21)14-18-12-16(2)4-6-20(18)30(25,26)27/h3-6,11-12H,7-10,13-14H2,1-2H3,(H,22,23,24)(H,25,26,27). The van der Waals surface area contributed by atoms with E-state index in [0.29, 0.717) is 50.0 Å². The van der Waals surface area contributed by atoms with Crippen LogP contribution >= 0.6 is 0 Å². The maximum Gasteiger partial charge on any atom is 0.294 e. The molecule has 7 nitrogen and oxygen atoms in total. The molecule has 0 bridgehead atoms. The summed E-state index contributed by atoms with van der Waals surface area (Å²) in [6, 6.07) is 9.51. The molecule has 164 valence electrons. The Hall–Kier alpha value is -1.78. The quantitative estimate of drug-likeness (QED) is 0.642. The van der Waals surface area contributed by atoms with Crippen LogP contribution in [0.3, 0.4) is 0 Å². The van der Waals surface area contributed by atoms with Crippen LogP contribution in [-0.4, -0.2) is 39.2 Å². The molecule has 2 aromatic rings. The van der Waals surface area contributed by atoms with Crippen molar-refractivity contribution in [3.05, 3.63) is 58.7 Å². The second-order valence-electron chi connectivity index (χ2n) is 8.14. The number of aryl methyl sites for hydroxylation is 2. The first kappa shape index (κ1) is 22.9. The Morgan fingerprint density at radius 1 is 0.800 bits per heavy atom. The fraction of sp³-hybridized carbons (Fsp3) is 0.429. The van der Waals surface area contributed by atoms with E-state index in [1.54, 1.807) is 24.3 Å². The summed E-state index contributed by atoms with van der Waals surface area (Å²) >= 11 is 0. The van der Waals surface area contributed by atoms with Crippen LogP contribution < -0.4 is 0 Å². The van der Waals surface area contributed by atoms with Crippen LogP contribution in [-0.2, 0) is 37.8 Å². The highest BCUT2D eigenvalue weighted by molar-refractivity contribution is 7.86. The largest absolute Gasteiger partial charge is 0.381 e. The molecule has 0 atom stereocenters. The Bertz CT molecular complexity index is 1060. The number of hydrogen-bond acceptors (Lipinski definition) is 5. The molecule has 0 aliphatic carbocycles. The maximum absolute atomic E-state index is 11.9. The van der Waals surface area contributed by atoms with Gasteiger partial charge < -0.3 is 4.74 Å². The van der Waals surface area contributed by atoms with Gasteiger partial charge >= 0.3 is 0 Å². The number of ether oxygens (including phenoxy) is 1. The zero-order valence-electron chi connectivity index (χ0n) is 17.0. The Morgan fingerprint density at radius 2 is 1.20 bits per heavy atom. The molecule has 0 spiro atoms. The summed E-state index contributed by atoms with van der Waals surface area (Å²) in [5.74, 6) is 0. The summed E-state index contributed by atoms with van der Waals surface area (Å²) < 4.78 is 72.6. The molecular weight excluding hydrogens is 428 g/mol. The number of benzene rings is 2. The van der Waals surface area contributed by atoms with Crippen molar-refractivity contribution in [3.63, 3.8) is 0 Å². The molecule has 0 amide bonds. The minimum Gasteiger partial charge on any atom is -0.381 e. The molecule has 1 aliphatic rings. The summed E-state index contributed by atoms with van der Waals surface area (Å²) in [5, 5.41) is 0. The second-order valence-corrected chi connectivity index (χ2v) is 10.9. The van der Waals surface area contributed by atoms with E-state index in [0.717, 1.165) is 11.1 Å². The normalized spacial score (nSPS) is 17.1. The molecule has 0 aromatic heterocycles. The van der Waals surface area contributed by atoms with Gasteiger partial charge in [0.05, 0.1) is 9.79 Å². The molecule has 1 saturated heterocycles. The molecule has 9 heteroatoms. The summed E-state index contributed by atoms with van der Waals surface area (Å²) in [5.41, 5.74) is 2.20. The Balaban J connectivity index is 2.09. The minimum atomic E-state index is -4.41. The van der Waals surface area contributed by atoms with Crippen molar-refractivity contribution in [1.82, 2.24) is 0 Å². The van der Waals surface area contributed by atoms with E-state index in [2.05, 4.69) is 0 Å². The van der Waals surface area contributed by atoms with E-state index in [1.165, 1.54) is 12.1 Å². The van der Waals surface area contributed by atoms with Gasteiger partial charge in [0.25, 0.3) is 20.2 Å². The van der Waals surface area contributed by atoms with Gasteiger partial charge in [-0.15, -0.1) is 0 Å². The van der Waals surface area contributed by atoms with Crippen LogP contribution in [0.5, 0.6) is 0 Å². The fourth-order valence-electron chi connectivity index (χ4n) is 4.22. The van der Waals surface area contributed by atoms with Gasteiger partial charge in [0.2, 0.25) is 0 Å². The first-order valence-corrected chi connectivity index (χ1v) is 12.5. The van der Waals surface area contributed by atoms with E-state index in [1.807, 2.05) is 13.8 Å². The molecular formula is C21H26O7S2. The average molecular weight is 455 g/mol. The Morgan fingerprint density at radius 3 is 1.57 bits per heavy atom. The molecule has 0 saturated carbocycles. The van der Waals surface area contributed by atoms with Crippen LogP contribution in [0.4, 0.5) is 0 Å². The van der Waals surface area contributed by atoms with E-state index < -0.39 is 25.7 Å². The van der Waals surface area contributed by atoms with Crippen molar-refractivity contribution in [1.29, 1.82) is 0 Å². The molecule has 1 aliphatic heterocycles. The monoisotopic (exact) mass is 454 g/mol. The molecule has 0 radical (unpaired) electrons. The highest BCUT2D eigenvalue weighted by atomic mass is 32.2.